The van der Waals surface area contributed by atoms with Crippen molar-refractivity contribution in [2.75, 3.05) is 30.9 Å². The molecule has 1 heterocycles. The molecule has 5 nitrogen and oxygen atoms in total. The van der Waals surface area contributed by atoms with Crippen LogP contribution in [0.15, 0.2) is 18.3 Å². The van der Waals surface area contributed by atoms with Crippen LogP contribution in [-0.2, 0) is 9.53 Å². The van der Waals surface area contributed by atoms with Gasteiger partial charge in [-0.25, -0.2) is 4.98 Å². The summed E-state index contributed by atoms with van der Waals surface area (Å²) in [5.74, 6) is 0.665. The number of anilines is 2. The van der Waals surface area contributed by atoms with Gasteiger partial charge < -0.3 is 15.4 Å². The van der Waals surface area contributed by atoms with E-state index in [9.17, 15) is 4.79 Å². The van der Waals surface area contributed by atoms with Gasteiger partial charge in [0.1, 0.15) is 5.82 Å². The van der Waals surface area contributed by atoms with Gasteiger partial charge in [0.2, 0.25) is 5.91 Å². The van der Waals surface area contributed by atoms with Gasteiger partial charge in [-0.1, -0.05) is 0 Å². The Balaban J connectivity index is 2.45. The second-order valence-corrected chi connectivity index (χ2v) is 3.03. The summed E-state index contributed by atoms with van der Waals surface area (Å²) in [7, 11) is 1.65. The van der Waals surface area contributed by atoms with Crippen LogP contribution in [0, 0.1) is 0 Å². The Morgan fingerprint density at radius 1 is 1.53 bits per heavy atom. The zero-order valence-corrected chi connectivity index (χ0v) is 8.91. The predicted molar refractivity (Wildman–Crippen MR) is 58.9 cm³/mol. The summed E-state index contributed by atoms with van der Waals surface area (Å²) in [6, 6.07) is 3.60. The minimum atomic E-state index is -0.100. The van der Waals surface area contributed by atoms with Crippen LogP contribution >= 0.6 is 0 Å². The van der Waals surface area contributed by atoms with Crippen LogP contribution in [0.2, 0.25) is 0 Å². The highest BCUT2D eigenvalue weighted by Gasteiger charge is 1.96. The monoisotopic (exact) mass is 209 g/mol. The molecule has 1 rings (SSSR count). The highest BCUT2D eigenvalue weighted by molar-refractivity contribution is 5.88. The number of nitrogens with one attached hydrogen (secondary N) is 2. The first-order chi connectivity index (χ1) is 7.22. The van der Waals surface area contributed by atoms with Crippen molar-refractivity contribution in [3.8, 4) is 0 Å². The lowest BCUT2D eigenvalue weighted by atomic mass is 10.4. The van der Waals surface area contributed by atoms with Gasteiger partial charge in [0, 0.05) is 20.6 Å². The van der Waals surface area contributed by atoms with E-state index in [1.165, 1.54) is 6.92 Å². The number of carbonyl (C=O) groups is 1. The summed E-state index contributed by atoms with van der Waals surface area (Å²) >= 11 is 0. The summed E-state index contributed by atoms with van der Waals surface area (Å²) in [5.41, 5.74) is 0.694. The third-order valence-corrected chi connectivity index (χ3v) is 1.70. The maximum atomic E-state index is 10.7. The highest BCUT2D eigenvalue weighted by atomic mass is 16.5. The Bertz CT molecular complexity index is 311. The molecule has 0 aliphatic carbocycles. The molecule has 0 fully saturated rings. The molecule has 0 saturated carbocycles. The van der Waals surface area contributed by atoms with Gasteiger partial charge in [-0.05, 0) is 12.1 Å². The van der Waals surface area contributed by atoms with Crippen molar-refractivity contribution in [3.05, 3.63) is 18.3 Å². The van der Waals surface area contributed by atoms with Crippen molar-refractivity contribution < 1.29 is 9.53 Å². The zero-order valence-electron chi connectivity index (χ0n) is 8.91. The normalized spacial score (nSPS) is 9.73. The number of aromatic nitrogens is 1. The van der Waals surface area contributed by atoms with E-state index in [2.05, 4.69) is 15.6 Å². The van der Waals surface area contributed by atoms with Crippen molar-refractivity contribution in [1.82, 2.24) is 4.98 Å². The zero-order chi connectivity index (χ0) is 11.1. The molecule has 5 heteroatoms. The standard InChI is InChI=1S/C10H15N3O2/c1-8(14)13-9-3-4-10(12-7-9)11-5-6-15-2/h3-4,7H,5-6H2,1-2H3,(H,11,12)(H,13,14). The van der Waals surface area contributed by atoms with Crippen molar-refractivity contribution in [3.63, 3.8) is 0 Å². The summed E-state index contributed by atoms with van der Waals surface area (Å²) in [4.78, 5) is 14.9. The van der Waals surface area contributed by atoms with E-state index in [1.807, 2.05) is 0 Å². The summed E-state index contributed by atoms with van der Waals surface area (Å²) in [6.45, 7) is 2.81. The topological polar surface area (TPSA) is 63.2 Å². The average Bonchev–Trinajstić information content (AvgIpc) is 2.20. The number of amides is 1. The van der Waals surface area contributed by atoms with Gasteiger partial charge >= 0.3 is 0 Å². The molecule has 82 valence electrons. The van der Waals surface area contributed by atoms with Gasteiger partial charge in [0.05, 0.1) is 18.5 Å². The minimum absolute atomic E-state index is 0.100. The quantitative estimate of drug-likeness (QED) is 0.713. The molecule has 0 aromatic carbocycles. The molecule has 15 heavy (non-hydrogen) atoms. The Morgan fingerprint density at radius 2 is 2.33 bits per heavy atom. The number of rotatable bonds is 5. The molecular formula is C10H15N3O2. The molecule has 1 aromatic rings. The first-order valence-corrected chi connectivity index (χ1v) is 4.69. The first kappa shape index (κ1) is 11.5. The molecule has 0 saturated heterocycles. The Hall–Kier alpha value is -1.62. The fourth-order valence-corrected chi connectivity index (χ4v) is 1.06. The van der Waals surface area contributed by atoms with Crippen LogP contribution in [0.25, 0.3) is 0 Å². The predicted octanol–water partition coefficient (Wildman–Crippen LogP) is 1.10. The fourth-order valence-electron chi connectivity index (χ4n) is 1.06. The van der Waals surface area contributed by atoms with Gasteiger partial charge in [0.25, 0.3) is 0 Å². The van der Waals surface area contributed by atoms with E-state index in [1.54, 1.807) is 25.4 Å². The summed E-state index contributed by atoms with van der Waals surface area (Å²) < 4.78 is 4.89. The van der Waals surface area contributed by atoms with Crippen LogP contribution in [0.3, 0.4) is 0 Å². The van der Waals surface area contributed by atoms with Crippen molar-refractivity contribution in [2.45, 2.75) is 6.92 Å². The molecule has 1 amide bonds. The van der Waals surface area contributed by atoms with E-state index >= 15 is 0 Å². The molecule has 1 aromatic heterocycles. The molecule has 0 bridgehead atoms. The summed E-state index contributed by atoms with van der Waals surface area (Å²) in [5, 5.41) is 5.72. The molecule has 2 N–H and O–H groups in total. The van der Waals surface area contributed by atoms with E-state index < -0.39 is 0 Å². The Kier molecular flexibility index (Phi) is 4.56. The second kappa shape index (κ2) is 5.98. The van der Waals surface area contributed by atoms with Crippen molar-refractivity contribution >= 4 is 17.4 Å². The van der Waals surface area contributed by atoms with Crippen molar-refractivity contribution in [2.24, 2.45) is 0 Å². The second-order valence-electron chi connectivity index (χ2n) is 3.03. The third kappa shape index (κ3) is 4.42. The Labute approximate surface area is 88.9 Å². The number of carbonyl (C=O) groups excluding carboxylic acids is 1. The van der Waals surface area contributed by atoms with E-state index in [0.717, 1.165) is 5.82 Å². The van der Waals surface area contributed by atoms with Crippen LogP contribution in [-0.4, -0.2) is 31.2 Å². The molecule has 0 radical (unpaired) electrons. The molecule has 0 unspecified atom stereocenters. The lowest BCUT2D eigenvalue weighted by molar-refractivity contribution is -0.114. The molecule has 0 aliphatic heterocycles. The number of methoxy groups -OCH3 is 1. The Morgan fingerprint density at radius 3 is 2.87 bits per heavy atom. The number of hydrogen-bond acceptors (Lipinski definition) is 4. The first-order valence-electron chi connectivity index (χ1n) is 4.69. The lowest BCUT2D eigenvalue weighted by Gasteiger charge is -2.05. The molecule has 0 aliphatic rings. The highest BCUT2D eigenvalue weighted by Crippen LogP contribution is 2.08. The molecule has 0 spiro atoms. The smallest absolute Gasteiger partial charge is 0.221 e. The van der Waals surface area contributed by atoms with Gasteiger partial charge in [-0.15, -0.1) is 0 Å². The van der Waals surface area contributed by atoms with Gasteiger partial charge in [-0.2, -0.15) is 0 Å². The van der Waals surface area contributed by atoms with Gasteiger partial charge in [-0.3, -0.25) is 4.79 Å². The average molecular weight is 209 g/mol. The fraction of sp³-hybridized carbons (Fsp3) is 0.400. The maximum Gasteiger partial charge on any atom is 0.221 e. The number of hydrogen-bond donors (Lipinski definition) is 2. The van der Waals surface area contributed by atoms with Gasteiger partial charge in [0.15, 0.2) is 0 Å². The van der Waals surface area contributed by atoms with E-state index in [-0.39, 0.29) is 5.91 Å². The minimum Gasteiger partial charge on any atom is -0.383 e. The SMILES string of the molecule is COCCNc1ccc(NC(C)=O)cn1. The third-order valence-electron chi connectivity index (χ3n) is 1.70. The van der Waals surface area contributed by atoms with Crippen LogP contribution in [0.4, 0.5) is 11.5 Å². The van der Waals surface area contributed by atoms with E-state index in [0.29, 0.717) is 18.8 Å². The van der Waals surface area contributed by atoms with Crippen LogP contribution in [0.5, 0.6) is 0 Å². The number of pyridine rings is 1. The maximum absolute atomic E-state index is 10.7. The number of ether oxygens (including phenoxy) is 1. The van der Waals surface area contributed by atoms with Crippen molar-refractivity contribution in [1.29, 1.82) is 0 Å². The van der Waals surface area contributed by atoms with Crippen LogP contribution in [0.1, 0.15) is 6.92 Å². The molecule has 0 atom stereocenters. The van der Waals surface area contributed by atoms with E-state index in [4.69, 9.17) is 4.74 Å². The lowest BCUT2D eigenvalue weighted by Crippen LogP contribution is -2.09. The summed E-state index contributed by atoms with van der Waals surface area (Å²) in [6.07, 6.45) is 1.61. The number of nitrogens with zero attached hydrogens (tertiary/aromatic N) is 1. The largest absolute Gasteiger partial charge is 0.383 e. The molecular weight excluding hydrogens is 194 g/mol. The van der Waals surface area contributed by atoms with Crippen LogP contribution < -0.4 is 10.6 Å².